The molecule has 0 aliphatic heterocycles. The lowest BCUT2D eigenvalue weighted by atomic mass is 10.3. The molecule has 1 aromatic rings. The lowest BCUT2D eigenvalue weighted by molar-refractivity contribution is -0.145. The summed E-state index contributed by atoms with van der Waals surface area (Å²) in [6, 6.07) is 1.56. The van der Waals surface area contributed by atoms with Crippen molar-refractivity contribution in [3.63, 3.8) is 0 Å². The average Bonchev–Trinajstić information content (AvgIpc) is 2.22. The summed E-state index contributed by atoms with van der Waals surface area (Å²) in [5.41, 5.74) is 2.70. The molecule has 18 heavy (non-hydrogen) atoms. The van der Waals surface area contributed by atoms with E-state index in [4.69, 9.17) is 5.73 Å². The van der Waals surface area contributed by atoms with Gasteiger partial charge in [0.1, 0.15) is 12.2 Å². The first kappa shape index (κ1) is 14.1. The summed E-state index contributed by atoms with van der Waals surface area (Å²) in [7, 11) is 2.76. The first-order chi connectivity index (χ1) is 8.14. The van der Waals surface area contributed by atoms with Crippen LogP contribution < -0.4 is 11.3 Å². The van der Waals surface area contributed by atoms with E-state index < -0.39 is 29.9 Å². The molecular formula is C10H12F3N3O2. The third kappa shape index (κ3) is 2.82. The van der Waals surface area contributed by atoms with E-state index in [0.717, 1.165) is 11.0 Å². The topological polar surface area (TPSA) is 68.3 Å². The van der Waals surface area contributed by atoms with E-state index in [-0.39, 0.29) is 5.69 Å². The van der Waals surface area contributed by atoms with E-state index in [0.29, 0.717) is 10.6 Å². The summed E-state index contributed by atoms with van der Waals surface area (Å²) in [5, 5.41) is 0. The molecule has 0 radical (unpaired) electrons. The second kappa shape index (κ2) is 4.71. The molecule has 1 rings (SSSR count). The van der Waals surface area contributed by atoms with Crippen molar-refractivity contribution in [2.75, 3.05) is 19.8 Å². The van der Waals surface area contributed by atoms with Gasteiger partial charge in [-0.3, -0.25) is 14.2 Å². The molecule has 0 saturated carbocycles. The zero-order chi connectivity index (χ0) is 14.1. The zero-order valence-corrected chi connectivity index (χ0v) is 9.78. The Hall–Kier alpha value is -1.99. The monoisotopic (exact) mass is 263 g/mol. The molecule has 1 aromatic heterocycles. The average molecular weight is 263 g/mol. The zero-order valence-electron chi connectivity index (χ0n) is 9.78. The Morgan fingerprint density at radius 2 is 1.94 bits per heavy atom. The number of carbonyl (C=O) groups is 1. The number of nitrogens with zero attached hydrogens (tertiary/aromatic N) is 2. The number of pyridine rings is 1. The fourth-order valence-corrected chi connectivity index (χ4v) is 1.28. The maximum Gasteiger partial charge on any atom is 0.431 e. The Labute approximate surface area is 101 Å². The Balaban J connectivity index is 3.35. The van der Waals surface area contributed by atoms with E-state index >= 15 is 0 Å². The smallest absolute Gasteiger partial charge is 0.394 e. The van der Waals surface area contributed by atoms with Crippen molar-refractivity contribution in [2.24, 2.45) is 0 Å². The molecule has 0 unspecified atom stereocenters. The van der Waals surface area contributed by atoms with Crippen LogP contribution in [0.2, 0.25) is 0 Å². The third-order valence-electron chi connectivity index (χ3n) is 2.29. The molecule has 1 heterocycles. The highest BCUT2D eigenvalue weighted by molar-refractivity contribution is 5.75. The normalized spacial score (nSPS) is 11.4. The fourth-order valence-electron chi connectivity index (χ4n) is 1.28. The van der Waals surface area contributed by atoms with E-state index in [2.05, 4.69) is 0 Å². The van der Waals surface area contributed by atoms with E-state index in [1.165, 1.54) is 14.1 Å². The standard InChI is InChI=1S/C10H12F3N3O2/c1-15(2)8(17)5-16-7(10(11,12)13)4-3-6(14)9(16)18/h3-4H,5,14H2,1-2H3. The summed E-state index contributed by atoms with van der Waals surface area (Å²) < 4.78 is 38.4. The number of halogens is 3. The highest BCUT2D eigenvalue weighted by Crippen LogP contribution is 2.28. The van der Waals surface area contributed by atoms with Gasteiger partial charge in [0, 0.05) is 14.1 Å². The lowest BCUT2D eigenvalue weighted by Crippen LogP contribution is -2.36. The van der Waals surface area contributed by atoms with Crippen LogP contribution in [0.4, 0.5) is 18.9 Å². The van der Waals surface area contributed by atoms with Crippen molar-refractivity contribution in [1.29, 1.82) is 0 Å². The maximum atomic E-state index is 12.7. The van der Waals surface area contributed by atoms with Crippen molar-refractivity contribution in [3.05, 3.63) is 28.2 Å². The molecule has 0 aliphatic rings. The summed E-state index contributed by atoms with van der Waals surface area (Å²) >= 11 is 0. The van der Waals surface area contributed by atoms with Gasteiger partial charge >= 0.3 is 6.18 Å². The van der Waals surface area contributed by atoms with Gasteiger partial charge in [0.2, 0.25) is 5.91 Å². The number of nitrogen functional groups attached to an aromatic ring is 1. The second-order valence-electron chi connectivity index (χ2n) is 3.85. The minimum absolute atomic E-state index is 0.331. The van der Waals surface area contributed by atoms with Crippen LogP contribution in [-0.2, 0) is 17.5 Å². The minimum Gasteiger partial charge on any atom is -0.394 e. The Kier molecular flexibility index (Phi) is 3.68. The van der Waals surface area contributed by atoms with Crippen LogP contribution in [0.1, 0.15) is 5.69 Å². The van der Waals surface area contributed by atoms with Crippen LogP contribution in [0.15, 0.2) is 16.9 Å². The predicted octanol–water partition coefficient (Wildman–Crippen LogP) is 0.538. The van der Waals surface area contributed by atoms with Gasteiger partial charge in [-0.25, -0.2) is 0 Å². The SMILES string of the molecule is CN(C)C(=O)Cn1c(C(F)(F)F)ccc(N)c1=O. The predicted molar refractivity (Wildman–Crippen MR) is 58.8 cm³/mol. The van der Waals surface area contributed by atoms with Gasteiger partial charge in [-0.15, -0.1) is 0 Å². The fraction of sp³-hybridized carbons (Fsp3) is 0.400. The molecule has 0 fully saturated rings. The van der Waals surface area contributed by atoms with Crippen LogP contribution >= 0.6 is 0 Å². The molecule has 5 nitrogen and oxygen atoms in total. The Morgan fingerprint density at radius 3 is 2.39 bits per heavy atom. The molecular weight excluding hydrogens is 251 g/mol. The summed E-state index contributed by atoms with van der Waals surface area (Å²) in [4.78, 5) is 24.1. The van der Waals surface area contributed by atoms with E-state index in [9.17, 15) is 22.8 Å². The van der Waals surface area contributed by atoms with Crippen molar-refractivity contribution in [3.8, 4) is 0 Å². The molecule has 0 saturated heterocycles. The summed E-state index contributed by atoms with van der Waals surface area (Å²) in [6.07, 6.45) is -4.72. The third-order valence-corrected chi connectivity index (χ3v) is 2.29. The number of hydrogen-bond donors (Lipinski definition) is 1. The highest BCUT2D eigenvalue weighted by Gasteiger charge is 2.35. The van der Waals surface area contributed by atoms with Crippen molar-refractivity contribution >= 4 is 11.6 Å². The van der Waals surface area contributed by atoms with Gasteiger partial charge < -0.3 is 10.6 Å². The highest BCUT2D eigenvalue weighted by atomic mass is 19.4. The number of alkyl halides is 3. The molecule has 8 heteroatoms. The number of anilines is 1. The Bertz CT molecular complexity index is 520. The van der Waals surface area contributed by atoms with Crippen molar-refractivity contribution in [1.82, 2.24) is 9.47 Å². The van der Waals surface area contributed by atoms with Gasteiger partial charge in [-0.1, -0.05) is 0 Å². The number of rotatable bonds is 2. The van der Waals surface area contributed by atoms with Crippen LogP contribution in [-0.4, -0.2) is 29.5 Å². The van der Waals surface area contributed by atoms with Gasteiger partial charge in [0.25, 0.3) is 5.56 Å². The maximum absolute atomic E-state index is 12.7. The molecule has 1 amide bonds. The number of carbonyl (C=O) groups excluding carboxylic acids is 1. The molecule has 2 N–H and O–H groups in total. The summed E-state index contributed by atoms with van der Waals surface area (Å²) in [5.74, 6) is -0.631. The van der Waals surface area contributed by atoms with Gasteiger partial charge in [-0.05, 0) is 12.1 Å². The van der Waals surface area contributed by atoms with Crippen LogP contribution in [0.25, 0.3) is 0 Å². The number of hydrogen-bond acceptors (Lipinski definition) is 3. The molecule has 0 aromatic carbocycles. The molecule has 0 aliphatic carbocycles. The van der Waals surface area contributed by atoms with Gasteiger partial charge in [0.15, 0.2) is 0 Å². The van der Waals surface area contributed by atoms with Gasteiger partial charge in [0.05, 0.1) is 5.69 Å². The minimum atomic E-state index is -4.72. The van der Waals surface area contributed by atoms with E-state index in [1.807, 2.05) is 0 Å². The quantitative estimate of drug-likeness (QED) is 0.846. The molecule has 0 spiro atoms. The summed E-state index contributed by atoms with van der Waals surface area (Å²) in [6.45, 7) is -0.703. The van der Waals surface area contributed by atoms with Crippen molar-refractivity contribution < 1.29 is 18.0 Å². The number of likely N-dealkylation sites (N-methyl/N-ethyl adjacent to an activating group) is 1. The molecule has 0 bridgehead atoms. The Morgan fingerprint density at radius 1 is 1.39 bits per heavy atom. The van der Waals surface area contributed by atoms with Crippen LogP contribution in [0, 0.1) is 0 Å². The lowest BCUT2D eigenvalue weighted by Gasteiger charge is -2.17. The van der Waals surface area contributed by atoms with Crippen molar-refractivity contribution in [2.45, 2.75) is 12.7 Å². The van der Waals surface area contributed by atoms with Gasteiger partial charge in [-0.2, -0.15) is 13.2 Å². The second-order valence-corrected chi connectivity index (χ2v) is 3.85. The number of nitrogens with two attached hydrogens (primary N) is 1. The number of aromatic nitrogens is 1. The number of amides is 1. The first-order valence-electron chi connectivity index (χ1n) is 4.91. The van der Waals surface area contributed by atoms with Crippen LogP contribution in [0.5, 0.6) is 0 Å². The molecule has 100 valence electrons. The van der Waals surface area contributed by atoms with E-state index in [1.54, 1.807) is 0 Å². The first-order valence-corrected chi connectivity index (χ1v) is 4.91. The largest absolute Gasteiger partial charge is 0.431 e. The van der Waals surface area contributed by atoms with Crippen LogP contribution in [0.3, 0.4) is 0 Å². The molecule has 0 atom stereocenters.